The first-order valence-electron chi connectivity index (χ1n) is 11.0. The van der Waals surface area contributed by atoms with Crippen molar-refractivity contribution in [2.45, 2.75) is 46.3 Å². The smallest absolute Gasteiger partial charge is 0.218 e. The fourth-order valence-electron chi connectivity index (χ4n) is 3.72. The van der Waals surface area contributed by atoms with Gasteiger partial charge in [-0.15, -0.1) is 0 Å². The van der Waals surface area contributed by atoms with Crippen molar-refractivity contribution in [3.05, 3.63) is 59.3 Å². The van der Waals surface area contributed by atoms with Crippen LogP contribution < -0.4 is 15.4 Å². The Labute approximate surface area is 180 Å². The number of guanidine groups is 1. The summed E-state index contributed by atoms with van der Waals surface area (Å²) in [5.74, 6) is 1.86. The maximum absolute atomic E-state index is 6.16. The third-order valence-corrected chi connectivity index (χ3v) is 5.27. The molecule has 2 N–H and O–H groups in total. The highest BCUT2D eigenvalue weighted by Crippen LogP contribution is 2.33. The van der Waals surface area contributed by atoms with E-state index in [2.05, 4.69) is 53.7 Å². The van der Waals surface area contributed by atoms with E-state index < -0.39 is 0 Å². The van der Waals surface area contributed by atoms with Crippen molar-refractivity contribution in [3.63, 3.8) is 0 Å². The highest BCUT2D eigenvalue weighted by atomic mass is 16.5. The fourth-order valence-corrected chi connectivity index (χ4v) is 3.72. The van der Waals surface area contributed by atoms with Crippen LogP contribution in [0.1, 0.15) is 49.5 Å². The molecular formula is C24H34N4O2. The van der Waals surface area contributed by atoms with Gasteiger partial charge in [0, 0.05) is 37.4 Å². The number of pyridine rings is 1. The van der Waals surface area contributed by atoms with Crippen LogP contribution in [0.5, 0.6) is 5.88 Å². The van der Waals surface area contributed by atoms with Gasteiger partial charge in [-0.25, -0.2) is 9.98 Å². The molecule has 3 rings (SSSR count). The Balaban J connectivity index is 1.65. The first-order valence-corrected chi connectivity index (χ1v) is 11.0. The van der Waals surface area contributed by atoms with Crippen molar-refractivity contribution in [2.24, 2.45) is 10.9 Å². The molecule has 0 radical (unpaired) electrons. The molecule has 1 aliphatic rings. The van der Waals surface area contributed by atoms with Gasteiger partial charge >= 0.3 is 0 Å². The lowest BCUT2D eigenvalue weighted by Crippen LogP contribution is -2.42. The Hall–Kier alpha value is -2.60. The maximum Gasteiger partial charge on any atom is 0.218 e. The van der Waals surface area contributed by atoms with Crippen LogP contribution in [-0.4, -0.2) is 37.2 Å². The number of aryl methyl sites for hydroxylation is 1. The second-order valence-electron chi connectivity index (χ2n) is 7.58. The van der Waals surface area contributed by atoms with Crippen molar-refractivity contribution in [1.82, 2.24) is 15.6 Å². The first kappa shape index (κ1) is 22.1. The van der Waals surface area contributed by atoms with Gasteiger partial charge in [0.15, 0.2) is 5.96 Å². The molecule has 6 heteroatoms. The van der Waals surface area contributed by atoms with Crippen molar-refractivity contribution in [1.29, 1.82) is 0 Å². The van der Waals surface area contributed by atoms with E-state index in [-0.39, 0.29) is 6.10 Å². The van der Waals surface area contributed by atoms with Crippen LogP contribution in [0.25, 0.3) is 0 Å². The molecule has 2 heterocycles. The number of hydrogen-bond acceptors (Lipinski definition) is 4. The van der Waals surface area contributed by atoms with Crippen molar-refractivity contribution >= 4 is 5.96 Å². The van der Waals surface area contributed by atoms with E-state index in [9.17, 15) is 0 Å². The van der Waals surface area contributed by atoms with Crippen molar-refractivity contribution in [2.75, 3.05) is 26.3 Å². The second-order valence-corrected chi connectivity index (χ2v) is 7.58. The molecule has 1 aromatic carbocycles. The van der Waals surface area contributed by atoms with Gasteiger partial charge in [-0.05, 0) is 45.2 Å². The predicted octanol–water partition coefficient (Wildman–Crippen LogP) is 4.01. The maximum atomic E-state index is 6.16. The summed E-state index contributed by atoms with van der Waals surface area (Å²) in [5.41, 5.74) is 3.51. The SMILES string of the molecule is CCNC(=NCc1cccnc1OCC)NCC1CCCOC1c1ccc(C)cc1. The molecule has 0 aliphatic carbocycles. The van der Waals surface area contributed by atoms with Crippen LogP contribution in [0.3, 0.4) is 0 Å². The number of aromatic nitrogens is 1. The Morgan fingerprint density at radius 2 is 2.03 bits per heavy atom. The molecule has 0 amide bonds. The molecule has 1 saturated heterocycles. The van der Waals surface area contributed by atoms with E-state index in [1.54, 1.807) is 6.20 Å². The molecule has 6 nitrogen and oxygen atoms in total. The van der Waals surface area contributed by atoms with E-state index in [0.29, 0.717) is 24.9 Å². The molecular weight excluding hydrogens is 376 g/mol. The molecule has 162 valence electrons. The Morgan fingerprint density at radius 1 is 1.20 bits per heavy atom. The summed E-state index contributed by atoms with van der Waals surface area (Å²) in [7, 11) is 0. The number of rotatable bonds is 8. The van der Waals surface area contributed by atoms with E-state index in [4.69, 9.17) is 14.5 Å². The van der Waals surface area contributed by atoms with Crippen LogP contribution in [0.2, 0.25) is 0 Å². The summed E-state index contributed by atoms with van der Waals surface area (Å²) in [4.78, 5) is 9.07. The summed E-state index contributed by atoms with van der Waals surface area (Å²) in [5, 5.41) is 6.86. The molecule has 1 aliphatic heterocycles. The lowest BCUT2D eigenvalue weighted by atomic mass is 9.89. The predicted molar refractivity (Wildman–Crippen MR) is 121 cm³/mol. The molecule has 2 aromatic rings. The largest absolute Gasteiger partial charge is 0.478 e. The van der Waals surface area contributed by atoms with Gasteiger partial charge in [0.1, 0.15) is 0 Å². The standard InChI is InChI=1S/C24H34N4O2/c1-4-25-24(28-17-21-8-6-14-26-23(21)29-5-2)27-16-20-9-7-15-30-22(20)19-12-10-18(3)11-13-19/h6,8,10-14,20,22H,4-5,7,9,15-17H2,1-3H3,(H2,25,27,28). The molecule has 1 fully saturated rings. The number of aliphatic imine (C=N–C) groups is 1. The second kappa shape index (κ2) is 11.6. The third kappa shape index (κ3) is 6.20. The number of nitrogens with zero attached hydrogens (tertiary/aromatic N) is 2. The van der Waals surface area contributed by atoms with Gasteiger partial charge in [0.05, 0.1) is 19.3 Å². The quantitative estimate of drug-likeness (QED) is 0.508. The molecule has 0 spiro atoms. The zero-order valence-electron chi connectivity index (χ0n) is 18.4. The minimum absolute atomic E-state index is 0.123. The Kier molecular flexibility index (Phi) is 8.51. The summed E-state index contributed by atoms with van der Waals surface area (Å²) in [6.45, 7) is 9.70. The van der Waals surface area contributed by atoms with Crippen LogP contribution >= 0.6 is 0 Å². The summed E-state index contributed by atoms with van der Waals surface area (Å²) in [6.07, 6.45) is 4.10. The average molecular weight is 411 g/mol. The van der Waals surface area contributed by atoms with Crippen LogP contribution in [-0.2, 0) is 11.3 Å². The zero-order valence-corrected chi connectivity index (χ0v) is 18.4. The van der Waals surface area contributed by atoms with Crippen LogP contribution in [0.15, 0.2) is 47.6 Å². The van der Waals surface area contributed by atoms with E-state index >= 15 is 0 Å². The van der Waals surface area contributed by atoms with Gasteiger partial charge in [0.25, 0.3) is 0 Å². The minimum Gasteiger partial charge on any atom is -0.478 e. The number of nitrogens with one attached hydrogen (secondary N) is 2. The zero-order chi connectivity index (χ0) is 21.2. The number of hydrogen-bond donors (Lipinski definition) is 2. The molecule has 30 heavy (non-hydrogen) atoms. The highest BCUT2D eigenvalue weighted by molar-refractivity contribution is 5.79. The van der Waals surface area contributed by atoms with Crippen LogP contribution in [0.4, 0.5) is 0 Å². The molecule has 1 aromatic heterocycles. The summed E-state index contributed by atoms with van der Waals surface area (Å²) < 4.78 is 11.8. The molecule has 2 unspecified atom stereocenters. The van der Waals surface area contributed by atoms with Gasteiger partial charge in [-0.1, -0.05) is 35.9 Å². The first-order chi connectivity index (χ1) is 14.7. The van der Waals surface area contributed by atoms with Gasteiger partial charge in [0.2, 0.25) is 5.88 Å². The molecule has 0 bridgehead atoms. The van der Waals surface area contributed by atoms with Crippen molar-refractivity contribution in [3.8, 4) is 5.88 Å². The summed E-state index contributed by atoms with van der Waals surface area (Å²) in [6, 6.07) is 12.6. The highest BCUT2D eigenvalue weighted by Gasteiger charge is 2.27. The van der Waals surface area contributed by atoms with E-state index in [1.807, 2.05) is 19.1 Å². The minimum atomic E-state index is 0.123. The lowest BCUT2D eigenvalue weighted by Gasteiger charge is -2.32. The van der Waals surface area contributed by atoms with Gasteiger partial charge in [-0.2, -0.15) is 0 Å². The molecule has 2 atom stereocenters. The van der Waals surface area contributed by atoms with E-state index in [1.165, 1.54) is 11.1 Å². The Bertz CT molecular complexity index is 807. The monoisotopic (exact) mass is 410 g/mol. The number of benzene rings is 1. The molecule has 0 saturated carbocycles. The fraction of sp³-hybridized carbons (Fsp3) is 0.500. The van der Waals surface area contributed by atoms with Gasteiger partial charge < -0.3 is 20.1 Å². The van der Waals surface area contributed by atoms with Crippen molar-refractivity contribution < 1.29 is 9.47 Å². The Morgan fingerprint density at radius 3 is 2.80 bits per heavy atom. The third-order valence-electron chi connectivity index (χ3n) is 5.27. The normalized spacial score (nSPS) is 19.4. The number of ether oxygens (including phenoxy) is 2. The van der Waals surface area contributed by atoms with Crippen LogP contribution in [0, 0.1) is 12.8 Å². The van der Waals surface area contributed by atoms with Gasteiger partial charge in [-0.3, -0.25) is 0 Å². The topological polar surface area (TPSA) is 67.8 Å². The average Bonchev–Trinajstić information content (AvgIpc) is 2.77. The van der Waals surface area contributed by atoms with E-state index in [0.717, 1.165) is 44.1 Å². The summed E-state index contributed by atoms with van der Waals surface area (Å²) >= 11 is 0. The lowest BCUT2D eigenvalue weighted by molar-refractivity contribution is -0.0265.